The van der Waals surface area contributed by atoms with Gasteiger partial charge in [0.05, 0.1) is 11.1 Å². The Morgan fingerprint density at radius 3 is 2.85 bits per heavy atom. The molecule has 2 aromatic carbocycles. The molecule has 0 bridgehead atoms. The zero-order valence-corrected chi connectivity index (χ0v) is 13.1. The Bertz CT molecular complexity index is 800. The molecule has 20 heavy (non-hydrogen) atoms. The molecular weight excluding hydrogens is 389 g/mol. The summed E-state index contributed by atoms with van der Waals surface area (Å²) in [6.45, 7) is 0. The molecule has 4 nitrogen and oxygen atoms in total. The van der Waals surface area contributed by atoms with Crippen molar-refractivity contribution in [2.45, 2.75) is 0 Å². The average molecular weight is 398 g/mol. The van der Waals surface area contributed by atoms with E-state index in [1.807, 2.05) is 24.3 Å². The number of nitrogens with one attached hydrogen (secondary N) is 2. The Balaban J connectivity index is 1.92. The molecule has 0 unspecified atom stereocenters. The van der Waals surface area contributed by atoms with Gasteiger partial charge in [-0.15, -0.1) is 0 Å². The lowest BCUT2D eigenvalue weighted by molar-refractivity contribution is 0.102. The lowest BCUT2D eigenvalue weighted by Crippen LogP contribution is -2.13. The molecule has 0 aliphatic rings. The quantitative estimate of drug-likeness (QED) is 0.640. The molecule has 0 spiro atoms. The van der Waals surface area contributed by atoms with E-state index in [1.54, 1.807) is 18.2 Å². The number of hydrogen-bond acceptors (Lipinski definition) is 2. The molecule has 0 radical (unpaired) electrons. The second kappa shape index (κ2) is 5.41. The van der Waals surface area contributed by atoms with Gasteiger partial charge in [0.25, 0.3) is 5.91 Å². The highest BCUT2D eigenvalue weighted by Crippen LogP contribution is 2.22. The number of nitrogens with zero attached hydrogens (tertiary/aromatic N) is 1. The van der Waals surface area contributed by atoms with Crippen molar-refractivity contribution >= 4 is 56.8 Å². The minimum Gasteiger partial charge on any atom is -0.305 e. The van der Waals surface area contributed by atoms with E-state index < -0.39 is 0 Å². The van der Waals surface area contributed by atoms with Gasteiger partial charge in [-0.3, -0.25) is 9.89 Å². The maximum atomic E-state index is 12.3. The van der Waals surface area contributed by atoms with Crippen LogP contribution in [-0.4, -0.2) is 16.1 Å². The second-order valence-electron chi connectivity index (χ2n) is 4.20. The number of rotatable bonds is 2. The first-order chi connectivity index (χ1) is 9.65. The molecule has 0 fully saturated rings. The lowest BCUT2D eigenvalue weighted by atomic mass is 10.2. The van der Waals surface area contributed by atoms with E-state index in [0.717, 1.165) is 14.5 Å². The predicted molar refractivity (Wildman–Crippen MR) is 88.2 cm³/mol. The number of amides is 1. The van der Waals surface area contributed by atoms with Gasteiger partial charge in [-0.2, -0.15) is 5.10 Å². The number of carbonyl (C=O) groups excluding carboxylic acids is 1. The summed E-state index contributed by atoms with van der Waals surface area (Å²) >= 11 is 7.98. The van der Waals surface area contributed by atoms with Crippen molar-refractivity contribution in [3.8, 4) is 0 Å². The number of hydrogen-bond donors (Lipinski definition) is 2. The number of anilines is 1. The molecule has 0 saturated carbocycles. The summed E-state index contributed by atoms with van der Waals surface area (Å²) in [5.41, 5.74) is 1.45. The maximum absolute atomic E-state index is 12.3. The topological polar surface area (TPSA) is 57.8 Å². The summed E-state index contributed by atoms with van der Waals surface area (Å²) in [5, 5.41) is 11.3. The van der Waals surface area contributed by atoms with Crippen LogP contribution in [0.2, 0.25) is 5.02 Å². The number of aromatic amines is 1. The molecule has 100 valence electrons. The van der Waals surface area contributed by atoms with Crippen LogP contribution < -0.4 is 5.32 Å². The largest absolute Gasteiger partial charge is 0.305 e. The van der Waals surface area contributed by atoms with Crippen molar-refractivity contribution in [1.82, 2.24) is 10.2 Å². The van der Waals surface area contributed by atoms with Crippen molar-refractivity contribution in [3.63, 3.8) is 0 Å². The number of para-hydroxylation sites is 1. The first-order valence-corrected chi connectivity index (χ1v) is 7.30. The van der Waals surface area contributed by atoms with Gasteiger partial charge < -0.3 is 5.32 Å². The van der Waals surface area contributed by atoms with Gasteiger partial charge in [-0.25, -0.2) is 0 Å². The molecule has 1 aromatic heterocycles. The van der Waals surface area contributed by atoms with E-state index in [1.165, 1.54) is 0 Å². The van der Waals surface area contributed by atoms with E-state index in [0.29, 0.717) is 16.4 Å². The van der Waals surface area contributed by atoms with Crippen LogP contribution in [-0.2, 0) is 0 Å². The summed E-state index contributed by atoms with van der Waals surface area (Å²) < 4.78 is 0.799. The SMILES string of the molecule is O=C(Nc1n[nH]c2ccccc12)c1ccc(Cl)cc1I. The minimum absolute atomic E-state index is 0.205. The third-order valence-electron chi connectivity index (χ3n) is 2.88. The molecule has 0 aliphatic heterocycles. The highest BCUT2D eigenvalue weighted by molar-refractivity contribution is 14.1. The van der Waals surface area contributed by atoms with E-state index in [4.69, 9.17) is 11.6 Å². The molecule has 0 atom stereocenters. The van der Waals surface area contributed by atoms with Crippen LogP contribution in [0.4, 0.5) is 5.82 Å². The fourth-order valence-corrected chi connectivity index (χ4v) is 3.02. The summed E-state index contributed by atoms with van der Waals surface area (Å²) in [6, 6.07) is 12.8. The van der Waals surface area contributed by atoms with E-state index in [2.05, 4.69) is 38.1 Å². The monoisotopic (exact) mass is 397 g/mol. The smallest absolute Gasteiger partial charge is 0.257 e. The van der Waals surface area contributed by atoms with E-state index in [9.17, 15) is 4.79 Å². The lowest BCUT2D eigenvalue weighted by Gasteiger charge is -2.05. The first kappa shape index (κ1) is 13.4. The molecule has 6 heteroatoms. The predicted octanol–water partition coefficient (Wildman–Crippen LogP) is 4.07. The number of fused-ring (bicyclic) bond motifs is 1. The van der Waals surface area contributed by atoms with Crippen molar-refractivity contribution in [1.29, 1.82) is 0 Å². The number of H-pyrrole nitrogens is 1. The first-order valence-electron chi connectivity index (χ1n) is 5.84. The van der Waals surface area contributed by atoms with E-state index >= 15 is 0 Å². The fraction of sp³-hybridized carbons (Fsp3) is 0. The standard InChI is InChI=1S/C14H9ClIN3O/c15-8-5-6-9(11(16)7-8)14(20)17-13-10-3-1-2-4-12(10)18-19-13/h1-7H,(H2,17,18,19,20). The number of aromatic nitrogens is 2. The van der Waals surface area contributed by atoms with Gasteiger partial charge in [0.2, 0.25) is 0 Å². The van der Waals surface area contributed by atoms with Crippen LogP contribution in [0.1, 0.15) is 10.4 Å². The Labute approximate surface area is 133 Å². The Hall–Kier alpha value is -1.60. The molecule has 3 rings (SSSR count). The highest BCUT2D eigenvalue weighted by atomic mass is 127. The van der Waals surface area contributed by atoms with Crippen LogP contribution in [0.5, 0.6) is 0 Å². The molecule has 3 aromatic rings. The van der Waals surface area contributed by atoms with Crippen molar-refractivity contribution in [3.05, 3.63) is 56.6 Å². The Kier molecular flexibility index (Phi) is 3.62. The van der Waals surface area contributed by atoms with Crippen molar-refractivity contribution < 1.29 is 4.79 Å². The van der Waals surface area contributed by atoms with Gasteiger partial charge in [0.1, 0.15) is 0 Å². The molecular formula is C14H9ClIN3O. The summed E-state index contributed by atoms with van der Waals surface area (Å²) in [4.78, 5) is 12.3. The van der Waals surface area contributed by atoms with Crippen LogP contribution in [0.15, 0.2) is 42.5 Å². The van der Waals surface area contributed by atoms with Gasteiger partial charge in [0, 0.05) is 14.0 Å². The van der Waals surface area contributed by atoms with Crippen LogP contribution in [0.3, 0.4) is 0 Å². The Morgan fingerprint density at radius 1 is 1.25 bits per heavy atom. The normalized spacial score (nSPS) is 10.7. The summed E-state index contributed by atoms with van der Waals surface area (Å²) in [6.07, 6.45) is 0. The minimum atomic E-state index is -0.205. The second-order valence-corrected chi connectivity index (χ2v) is 5.79. The van der Waals surface area contributed by atoms with E-state index in [-0.39, 0.29) is 5.91 Å². The number of carbonyl (C=O) groups is 1. The molecule has 1 heterocycles. The van der Waals surface area contributed by atoms with Crippen LogP contribution in [0, 0.1) is 3.57 Å². The Morgan fingerprint density at radius 2 is 2.05 bits per heavy atom. The van der Waals surface area contributed by atoms with Gasteiger partial charge in [-0.1, -0.05) is 23.7 Å². The number of benzene rings is 2. The molecule has 0 saturated heterocycles. The van der Waals surface area contributed by atoms with Crippen LogP contribution in [0.25, 0.3) is 10.9 Å². The average Bonchev–Trinajstić information content (AvgIpc) is 2.82. The molecule has 2 N–H and O–H groups in total. The third-order valence-corrected chi connectivity index (χ3v) is 4.01. The zero-order chi connectivity index (χ0) is 14.1. The van der Waals surface area contributed by atoms with Crippen molar-refractivity contribution in [2.75, 3.05) is 5.32 Å². The summed E-state index contributed by atoms with van der Waals surface area (Å²) in [7, 11) is 0. The summed E-state index contributed by atoms with van der Waals surface area (Å²) in [5.74, 6) is 0.319. The van der Waals surface area contributed by atoms with Gasteiger partial charge >= 0.3 is 0 Å². The molecule has 1 amide bonds. The maximum Gasteiger partial charge on any atom is 0.257 e. The third kappa shape index (κ3) is 2.51. The zero-order valence-electron chi connectivity index (χ0n) is 10.2. The van der Waals surface area contributed by atoms with Gasteiger partial charge in [-0.05, 0) is 52.9 Å². The fourth-order valence-electron chi connectivity index (χ4n) is 1.91. The molecule has 0 aliphatic carbocycles. The van der Waals surface area contributed by atoms with Crippen LogP contribution >= 0.6 is 34.2 Å². The number of halogens is 2. The van der Waals surface area contributed by atoms with Crippen molar-refractivity contribution in [2.24, 2.45) is 0 Å². The highest BCUT2D eigenvalue weighted by Gasteiger charge is 2.13. The van der Waals surface area contributed by atoms with Gasteiger partial charge in [0.15, 0.2) is 5.82 Å².